The standard InChI is InChI=1S/C20H23ClN2O3/c1-3-24-20(25-4-2)13-23-18-8-6-5-7-17(18)22-19(23)14-26-16-11-9-15(21)10-12-16/h5-12,20H,3-4,13-14H2,1-2H3. The van der Waals surface area contributed by atoms with Gasteiger partial charge in [0, 0.05) is 18.2 Å². The van der Waals surface area contributed by atoms with Gasteiger partial charge < -0.3 is 18.8 Å². The molecule has 26 heavy (non-hydrogen) atoms. The molecule has 0 saturated carbocycles. The fraction of sp³-hybridized carbons (Fsp3) is 0.350. The van der Waals surface area contributed by atoms with Crippen LogP contribution in [0.4, 0.5) is 0 Å². The molecular formula is C20H23ClN2O3. The topological polar surface area (TPSA) is 45.5 Å². The van der Waals surface area contributed by atoms with Gasteiger partial charge in [0.25, 0.3) is 0 Å². The van der Waals surface area contributed by atoms with Gasteiger partial charge in [-0.25, -0.2) is 4.98 Å². The molecule has 0 aliphatic rings. The van der Waals surface area contributed by atoms with E-state index in [9.17, 15) is 0 Å². The van der Waals surface area contributed by atoms with Gasteiger partial charge in [0.05, 0.1) is 17.6 Å². The summed E-state index contributed by atoms with van der Waals surface area (Å²) in [4.78, 5) is 4.72. The number of nitrogens with zero attached hydrogens (tertiary/aromatic N) is 2. The van der Waals surface area contributed by atoms with Crippen LogP contribution < -0.4 is 4.74 Å². The van der Waals surface area contributed by atoms with E-state index in [1.54, 1.807) is 12.1 Å². The maximum atomic E-state index is 5.92. The second-order valence-corrected chi connectivity index (χ2v) is 6.15. The van der Waals surface area contributed by atoms with Crippen LogP contribution in [0.3, 0.4) is 0 Å². The molecule has 2 aromatic carbocycles. The zero-order chi connectivity index (χ0) is 18.4. The molecule has 5 nitrogen and oxygen atoms in total. The highest BCUT2D eigenvalue weighted by Gasteiger charge is 2.16. The minimum atomic E-state index is -0.322. The first-order valence-electron chi connectivity index (χ1n) is 8.77. The SMILES string of the molecule is CCOC(Cn1c(COc2ccc(Cl)cc2)nc2ccccc21)OCC. The second-order valence-electron chi connectivity index (χ2n) is 5.71. The van der Waals surface area contributed by atoms with E-state index in [4.69, 9.17) is 30.8 Å². The highest BCUT2D eigenvalue weighted by atomic mass is 35.5. The van der Waals surface area contributed by atoms with Crippen molar-refractivity contribution >= 4 is 22.6 Å². The molecule has 0 atom stereocenters. The van der Waals surface area contributed by atoms with Gasteiger partial charge in [-0.15, -0.1) is 0 Å². The Kier molecular flexibility index (Phi) is 6.50. The molecule has 6 heteroatoms. The first-order valence-corrected chi connectivity index (χ1v) is 9.14. The van der Waals surface area contributed by atoms with Gasteiger partial charge in [-0.2, -0.15) is 0 Å². The van der Waals surface area contributed by atoms with Gasteiger partial charge in [0.1, 0.15) is 18.2 Å². The largest absolute Gasteiger partial charge is 0.486 e. The van der Waals surface area contributed by atoms with E-state index in [1.807, 2.05) is 50.2 Å². The molecule has 0 fully saturated rings. The van der Waals surface area contributed by atoms with E-state index in [0.29, 0.717) is 31.4 Å². The summed E-state index contributed by atoms with van der Waals surface area (Å²) < 4.78 is 19.4. The van der Waals surface area contributed by atoms with Crippen molar-refractivity contribution in [3.8, 4) is 5.75 Å². The number of halogens is 1. The fourth-order valence-corrected chi connectivity index (χ4v) is 2.92. The fourth-order valence-electron chi connectivity index (χ4n) is 2.79. The van der Waals surface area contributed by atoms with Crippen LogP contribution in [0.15, 0.2) is 48.5 Å². The summed E-state index contributed by atoms with van der Waals surface area (Å²) >= 11 is 5.92. The predicted octanol–water partition coefficient (Wildman–Crippen LogP) is 4.67. The number of benzene rings is 2. The summed E-state index contributed by atoms with van der Waals surface area (Å²) in [5.74, 6) is 1.57. The molecule has 1 aromatic heterocycles. The lowest BCUT2D eigenvalue weighted by molar-refractivity contribution is -0.143. The average molecular weight is 375 g/mol. The molecule has 3 rings (SSSR count). The molecule has 0 radical (unpaired) electrons. The summed E-state index contributed by atoms with van der Waals surface area (Å²) in [6, 6.07) is 15.3. The van der Waals surface area contributed by atoms with Crippen molar-refractivity contribution in [2.75, 3.05) is 13.2 Å². The van der Waals surface area contributed by atoms with Crippen LogP contribution in [-0.4, -0.2) is 29.1 Å². The number of fused-ring (bicyclic) bond motifs is 1. The predicted molar refractivity (Wildman–Crippen MR) is 103 cm³/mol. The van der Waals surface area contributed by atoms with Crippen LogP contribution in [-0.2, 0) is 22.6 Å². The Morgan fingerprint density at radius 2 is 1.69 bits per heavy atom. The molecule has 0 amide bonds. The summed E-state index contributed by atoms with van der Waals surface area (Å²) in [6.07, 6.45) is -0.322. The Morgan fingerprint density at radius 3 is 2.38 bits per heavy atom. The van der Waals surface area contributed by atoms with Gasteiger partial charge >= 0.3 is 0 Å². The Morgan fingerprint density at radius 1 is 1.00 bits per heavy atom. The molecule has 0 aliphatic carbocycles. The number of ether oxygens (including phenoxy) is 3. The van der Waals surface area contributed by atoms with Crippen LogP contribution in [0.25, 0.3) is 11.0 Å². The van der Waals surface area contributed by atoms with Gasteiger partial charge in [-0.3, -0.25) is 0 Å². The average Bonchev–Trinajstić information content (AvgIpc) is 2.99. The molecular weight excluding hydrogens is 352 g/mol. The second kappa shape index (κ2) is 9.03. The molecule has 0 aliphatic heterocycles. The third kappa shape index (κ3) is 4.55. The zero-order valence-corrected chi connectivity index (χ0v) is 15.8. The summed E-state index contributed by atoms with van der Waals surface area (Å²) in [5.41, 5.74) is 1.96. The van der Waals surface area contributed by atoms with Crippen LogP contribution in [0.1, 0.15) is 19.7 Å². The summed E-state index contributed by atoms with van der Waals surface area (Å²) in [6.45, 7) is 6.01. The summed E-state index contributed by atoms with van der Waals surface area (Å²) in [5, 5.41) is 0.681. The lowest BCUT2D eigenvalue weighted by Crippen LogP contribution is -2.25. The monoisotopic (exact) mass is 374 g/mol. The number of aromatic nitrogens is 2. The van der Waals surface area contributed by atoms with Gasteiger partial charge in [0.15, 0.2) is 6.29 Å². The van der Waals surface area contributed by atoms with E-state index >= 15 is 0 Å². The quantitative estimate of drug-likeness (QED) is 0.511. The Balaban J connectivity index is 1.84. The molecule has 0 bridgehead atoms. The molecule has 0 spiro atoms. The normalized spacial score (nSPS) is 11.4. The van der Waals surface area contributed by atoms with E-state index in [-0.39, 0.29) is 6.29 Å². The van der Waals surface area contributed by atoms with E-state index < -0.39 is 0 Å². The van der Waals surface area contributed by atoms with Gasteiger partial charge in [0.2, 0.25) is 0 Å². The molecule has 3 aromatic rings. The van der Waals surface area contributed by atoms with Crippen molar-refractivity contribution in [3.05, 3.63) is 59.4 Å². The maximum Gasteiger partial charge on any atom is 0.175 e. The number of hydrogen-bond donors (Lipinski definition) is 0. The summed E-state index contributed by atoms with van der Waals surface area (Å²) in [7, 11) is 0. The first kappa shape index (κ1) is 18.7. The Labute approximate surface area is 158 Å². The zero-order valence-electron chi connectivity index (χ0n) is 15.0. The first-order chi connectivity index (χ1) is 12.7. The number of imidazole rings is 1. The number of para-hydroxylation sites is 2. The highest BCUT2D eigenvalue weighted by Crippen LogP contribution is 2.21. The van der Waals surface area contributed by atoms with Crippen LogP contribution in [0.2, 0.25) is 5.02 Å². The minimum absolute atomic E-state index is 0.322. The number of rotatable bonds is 9. The Bertz CT molecular complexity index is 827. The lowest BCUT2D eigenvalue weighted by Gasteiger charge is -2.19. The van der Waals surface area contributed by atoms with Gasteiger partial charge in [-0.1, -0.05) is 23.7 Å². The lowest BCUT2D eigenvalue weighted by atomic mass is 10.3. The number of hydrogen-bond acceptors (Lipinski definition) is 4. The van der Waals surface area contributed by atoms with Crippen LogP contribution >= 0.6 is 11.6 Å². The van der Waals surface area contributed by atoms with Crippen molar-refractivity contribution in [2.24, 2.45) is 0 Å². The van der Waals surface area contributed by atoms with E-state index in [2.05, 4.69) is 4.57 Å². The molecule has 0 saturated heterocycles. The van der Waals surface area contributed by atoms with E-state index in [0.717, 1.165) is 22.6 Å². The Hall–Kier alpha value is -2.08. The van der Waals surface area contributed by atoms with Gasteiger partial charge in [-0.05, 0) is 50.2 Å². The van der Waals surface area contributed by atoms with Crippen molar-refractivity contribution < 1.29 is 14.2 Å². The molecule has 0 N–H and O–H groups in total. The molecule has 0 unspecified atom stereocenters. The molecule has 1 heterocycles. The maximum absolute atomic E-state index is 5.92. The van der Waals surface area contributed by atoms with Crippen LogP contribution in [0, 0.1) is 0 Å². The minimum Gasteiger partial charge on any atom is -0.486 e. The van der Waals surface area contributed by atoms with Crippen molar-refractivity contribution in [1.29, 1.82) is 0 Å². The van der Waals surface area contributed by atoms with Crippen molar-refractivity contribution in [1.82, 2.24) is 9.55 Å². The highest BCUT2D eigenvalue weighted by molar-refractivity contribution is 6.30. The molecule has 138 valence electrons. The van der Waals surface area contributed by atoms with Crippen LogP contribution in [0.5, 0.6) is 5.75 Å². The van der Waals surface area contributed by atoms with E-state index in [1.165, 1.54) is 0 Å². The van der Waals surface area contributed by atoms with Crippen molar-refractivity contribution in [2.45, 2.75) is 33.3 Å². The van der Waals surface area contributed by atoms with Crippen molar-refractivity contribution in [3.63, 3.8) is 0 Å². The smallest absolute Gasteiger partial charge is 0.175 e. The third-order valence-corrected chi connectivity index (χ3v) is 4.20. The third-order valence-electron chi connectivity index (χ3n) is 3.95.